The van der Waals surface area contributed by atoms with E-state index in [0.717, 1.165) is 12.8 Å². The Kier molecular flexibility index (Phi) is 7.67. The van der Waals surface area contributed by atoms with Crippen molar-refractivity contribution in [2.45, 2.75) is 76.3 Å². The number of carbonyl (C=O) groups excluding carboxylic acids is 3. The molecule has 3 N–H and O–H groups in total. The van der Waals surface area contributed by atoms with Gasteiger partial charge in [-0.05, 0) is 84.7 Å². The zero-order chi connectivity index (χ0) is 31.6. The summed E-state index contributed by atoms with van der Waals surface area (Å²) in [6.07, 6.45) is 2.82. The standard InChI is InChI=1S/C35H36Cl2FN3O3/c1-19(2)30(42)20-8-11-22(12-9-20)39-31(43)29-27(23-6-5-7-25(37)28(23)38)35(34(41-29)16-14-33(3,4)15-17-34)24-13-10-21(36)18-26(24)40-32(35)44/h5-13,18-19,27,29,41H,14-17H2,1-4H3,(H,39,43)(H,40,44)/t27-,29+,35+/m0/s1. The van der Waals surface area contributed by atoms with E-state index in [1.807, 2.05) is 19.9 Å². The molecule has 9 heteroatoms. The van der Waals surface area contributed by atoms with Crippen LogP contribution in [-0.4, -0.2) is 29.2 Å². The van der Waals surface area contributed by atoms with Crippen molar-refractivity contribution in [2.24, 2.45) is 11.3 Å². The largest absolute Gasteiger partial charge is 0.325 e. The molecule has 3 aliphatic rings. The van der Waals surface area contributed by atoms with Crippen LogP contribution in [0.2, 0.25) is 10.0 Å². The van der Waals surface area contributed by atoms with Crippen LogP contribution in [0.4, 0.5) is 15.8 Å². The first-order chi connectivity index (χ1) is 20.8. The first-order valence-corrected chi connectivity index (χ1v) is 15.8. The van der Waals surface area contributed by atoms with Gasteiger partial charge in [0, 0.05) is 39.3 Å². The van der Waals surface area contributed by atoms with Crippen molar-refractivity contribution in [3.63, 3.8) is 0 Å². The zero-order valence-electron chi connectivity index (χ0n) is 25.2. The number of benzene rings is 3. The van der Waals surface area contributed by atoms with E-state index in [9.17, 15) is 14.4 Å². The summed E-state index contributed by atoms with van der Waals surface area (Å²) >= 11 is 12.7. The third-order valence-corrected chi connectivity index (χ3v) is 10.5. The van der Waals surface area contributed by atoms with Gasteiger partial charge in [-0.1, -0.05) is 69.1 Å². The highest BCUT2D eigenvalue weighted by Gasteiger charge is 2.73. The minimum atomic E-state index is -1.33. The molecule has 6 nitrogen and oxygen atoms in total. The lowest BCUT2D eigenvalue weighted by Crippen LogP contribution is -2.61. The fourth-order valence-electron chi connectivity index (χ4n) is 7.69. The molecule has 3 atom stereocenters. The fourth-order valence-corrected chi connectivity index (χ4v) is 8.04. The third-order valence-electron chi connectivity index (χ3n) is 10.0. The molecule has 230 valence electrons. The predicted molar refractivity (Wildman–Crippen MR) is 172 cm³/mol. The summed E-state index contributed by atoms with van der Waals surface area (Å²) in [5, 5.41) is 10.1. The van der Waals surface area contributed by atoms with Crippen LogP contribution in [0.15, 0.2) is 60.7 Å². The van der Waals surface area contributed by atoms with E-state index in [-0.39, 0.29) is 33.6 Å². The molecule has 1 saturated heterocycles. The van der Waals surface area contributed by atoms with E-state index >= 15 is 4.39 Å². The number of hydrogen-bond donors (Lipinski definition) is 3. The molecule has 2 heterocycles. The van der Waals surface area contributed by atoms with Crippen LogP contribution in [0.25, 0.3) is 0 Å². The highest BCUT2D eigenvalue weighted by molar-refractivity contribution is 6.31. The predicted octanol–water partition coefficient (Wildman–Crippen LogP) is 7.89. The molecule has 2 fully saturated rings. The number of anilines is 2. The molecule has 2 spiro atoms. The number of rotatable bonds is 5. The summed E-state index contributed by atoms with van der Waals surface area (Å²) in [6, 6.07) is 15.8. The van der Waals surface area contributed by atoms with Gasteiger partial charge in [0.2, 0.25) is 11.8 Å². The number of ketones is 1. The Hall–Kier alpha value is -3.26. The van der Waals surface area contributed by atoms with E-state index in [1.54, 1.807) is 48.5 Å². The Morgan fingerprint density at radius 2 is 1.66 bits per heavy atom. The molecule has 0 radical (unpaired) electrons. The molecule has 0 aromatic heterocycles. The highest BCUT2D eigenvalue weighted by Crippen LogP contribution is 2.64. The van der Waals surface area contributed by atoms with Gasteiger partial charge in [0.1, 0.15) is 11.2 Å². The van der Waals surface area contributed by atoms with Crippen molar-refractivity contribution in [3.8, 4) is 0 Å². The first-order valence-electron chi connectivity index (χ1n) is 15.1. The van der Waals surface area contributed by atoms with Crippen molar-refractivity contribution in [2.75, 3.05) is 10.6 Å². The second-order valence-electron chi connectivity index (χ2n) is 13.5. The smallest absolute Gasteiger partial charge is 0.242 e. The van der Waals surface area contributed by atoms with Crippen LogP contribution in [-0.2, 0) is 15.0 Å². The number of carbonyl (C=O) groups is 3. The number of halogens is 3. The lowest BCUT2D eigenvalue weighted by atomic mass is 9.53. The van der Waals surface area contributed by atoms with Gasteiger partial charge in [-0.2, -0.15) is 0 Å². The molecule has 2 aliphatic heterocycles. The highest BCUT2D eigenvalue weighted by atomic mass is 35.5. The second kappa shape index (κ2) is 11.0. The summed E-state index contributed by atoms with van der Waals surface area (Å²) in [5.41, 5.74) is 0.343. The maximum absolute atomic E-state index is 16.1. The number of fused-ring (bicyclic) bond motifs is 3. The summed E-state index contributed by atoms with van der Waals surface area (Å²) in [7, 11) is 0. The van der Waals surface area contributed by atoms with E-state index in [0.29, 0.717) is 40.4 Å². The van der Waals surface area contributed by atoms with E-state index in [2.05, 4.69) is 29.8 Å². The van der Waals surface area contributed by atoms with Gasteiger partial charge in [-0.25, -0.2) is 4.39 Å². The second-order valence-corrected chi connectivity index (χ2v) is 14.4. The molecule has 2 amide bonds. The number of amides is 2. The first kappa shape index (κ1) is 30.8. The Labute approximate surface area is 267 Å². The van der Waals surface area contributed by atoms with Crippen LogP contribution in [0.1, 0.15) is 80.8 Å². The lowest BCUT2D eigenvalue weighted by Gasteiger charge is -2.50. The molecule has 6 rings (SSSR count). The van der Waals surface area contributed by atoms with Gasteiger partial charge in [0.15, 0.2) is 5.78 Å². The van der Waals surface area contributed by atoms with Gasteiger partial charge in [-0.3, -0.25) is 19.7 Å². The number of Topliss-reactive ketones (excluding diaryl/α,β-unsaturated/α-hetero) is 1. The Morgan fingerprint density at radius 1 is 0.977 bits per heavy atom. The monoisotopic (exact) mass is 635 g/mol. The molecule has 1 saturated carbocycles. The van der Waals surface area contributed by atoms with Crippen LogP contribution in [0.5, 0.6) is 0 Å². The lowest BCUT2D eigenvalue weighted by molar-refractivity contribution is -0.124. The van der Waals surface area contributed by atoms with Crippen molar-refractivity contribution in [1.82, 2.24) is 5.32 Å². The maximum atomic E-state index is 16.1. The minimum Gasteiger partial charge on any atom is -0.325 e. The summed E-state index contributed by atoms with van der Waals surface area (Å²) < 4.78 is 16.1. The number of hydrogen-bond acceptors (Lipinski definition) is 4. The summed E-state index contributed by atoms with van der Waals surface area (Å²) in [5.74, 6) is -2.45. The molecular formula is C35H36Cl2FN3O3. The van der Waals surface area contributed by atoms with Crippen molar-refractivity contribution >= 4 is 52.2 Å². The van der Waals surface area contributed by atoms with Crippen LogP contribution in [0, 0.1) is 17.2 Å². The van der Waals surface area contributed by atoms with Crippen molar-refractivity contribution in [1.29, 1.82) is 0 Å². The Morgan fingerprint density at radius 3 is 2.32 bits per heavy atom. The van der Waals surface area contributed by atoms with Gasteiger partial charge in [-0.15, -0.1) is 0 Å². The minimum absolute atomic E-state index is 0.00644. The van der Waals surface area contributed by atoms with Crippen molar-refractivity contribution in [3.05, 3.63) is 93.2 Å². The molecule has 0 unspecified atom stereocenters. The van der Waals surface area contributed by atoms with Gasteiger partial charge >= 0.3 is 0 Å². The molecular weight excluding hydrogens is 600 g/mol. The van der Waals surface area contributed by atoms with Crippen LogP contribution in [0.3, 0.4) is 0 Å². The van der Waals surface area contributed by atoms with Crippen molar-refractivity contribution < 1.29 is 18.8 Å². The van der Waals surface area contributed by atoms with Gasteiger partial charge in [0.25, 0.3) is 0 Å². The average Bonchev–Trinajstić information content (AvgIpc) is 3.44. The van der Waals surface area contributed by atoms with E-state index < -0.39 is 34.6 Å². The van der Waals surface area contributed by atoms with Gasteiger partial charge < -0.3 is 10.6 Å². The Balaban J connectivity index is 1.51. The molecule has 3 aromatic rings. The fraction of sp³-hybridized carbons (Fsp3) is 0.400. The van der Waals surface area contributed by atoms with Gasteiger partial charge in [0.05, 0.1) is 11.1 Å². The molecule has 44 heavy (non-hydrogen) atoms. The normalized spacial score (nSPS) is 24.9. The Bertz CT molecular complexity index is 1660. The summed E-state index contributed by atoms with van der Waals surface area (Å²) in [6.45, 7) is 8.08. The molecule has 1 aliphatic carbocycles. The molecule has 0 bridgehead atoms. The maximum Gasteiger partial charge on any atom is 0.242 e. The topological polar surface area (TPSA) is 87.3 Å². The SMILES string of the molecule is CC(C)C(=O)c1ccc(NC(=O)[C@@H]2NC3(CCC(C)(C)CC3)[C@@]3(C(=O)Nc4cc(Cl)ccc43)[C@H]2c2cccc(Cl)c2F)cc1. The number of nitrogens with one attached hydrogen (secondary N) is 3. The van der Waals surface area contributed by atoms with Crippen LogP contribution < -0.4 is 16.0 Å². The quantitative estimate of drug-likeness (QED) is 0.249. The van der Waals surface area contributed by atoms with E-state index in [4.69, 9.17) is 23.2 Å². The van der Waals surface area contributed by atoms with Crippen LogP contribution >= 0.6 is 23.2 Å². The summed E-state index contributed by atoms with van der Waals surface area (Å²) in [4.78, 5) is 41.4. The average molecular weight is 637 g/mol. The van der Waals surface area contributed by atoms with E-state index in [1.165, 1.54) is 6.07 Å². The zero-order valence-corrected chi connectivity index (χ0v) is 26.7. The molecule has 3 aromatic carbocycles. The third kappa shape index (κ3) is 4.75.